The van der Waals surface area contributed by atoms with E-state index in [1.54, 1.807) is 4.90 Å². The first-order chi connectivity index (χ1) is 8.89. The molecule has 2 aliphatic heterocycles. The lowest BCUT2D eigenvalue weighted by molar-refractivity contribution is -0.144. The number of hydrogen-bond acceptors (Lipinski definition) is 5. The van der Waals surface area contributed by atoms with Crippen molar-refractivity contribution in [1.82, 2.24) is 10.2 Å². The Balaban J connectivity index is 2.08. The van der Waals surface area contributed by atoms with Crippen LogP contribution in [0.15, 0.2) is 0 Å². The van der Waals surface area contributed by atoms with Crippen molar-refractivity contribution in [3.05, 3.63) is 0 Å². The molecular formula is C11H16N2O5S. The molecule has 2 fully saturated rings. The number of thioether (sulfide) groups is 1. The fourth-order valence-corrected chi connectivity index (χ4v) is 3.90. The predicted octanol–water partition coefficient (Wildman–Crippen LogP) is -0.998. The minimum atomic E-state index is -1.33. The van der Waals surface area contributed by atoms with Crippen LogP contribution in [0.1, 0.15) is 19.8 Å². The quantitative estimate of drug-likeness (QED) is 0.613. The summed E-state index contributed by atoms with van der Waals surface area (Å²) in [4.78, 5) is 35.8. The van der Waals surface area contributed by atoms with Gasteiger partial charge in [-0.15, -0.1) is 11.8 Å². The number of carboxylic acids is 1. The van der Waals surface area contributed by atoms with Crippen LogP contribution in [0.3, 0.4) is 0 Å². The van der Waals surface area contributed by atoms with Crippen molar-refractivity contribution in [2.24, 2.45) is 0 Å². The van der Waals surface area contributed by atoms with Crippen LogP contribution in [-0.4, -0.2) is 62.2 Å². The molecule has 3 atom stereocenters. The van der Waals surface area contributed by atoms with E-state index < -0.39 is 30.6 Å². The van der Waals surface area contributed by atoms with Gasteiger partial charge in [-0.05, 0) is 13.3 Å². The van der Waals surface area contributed by atoms with Gasteiger partial charge in [-0.1, -0.05) is 0 Å². The minimum Gasteiger partial charge on any atom is -0.480 e. The van der Waals surface area contributed by atoms with Crippen LogP contribution < -0.4 is 5.32 Å². The summed E-state index contributed by atoms with van der Waals surface area (Å²) in [6, 6.07) is -1.99. The molecule has 3 unspecified atom stereocenters. The van der Waals surface area contributed by atoms with E-state index in [0.29, 0.717) is 18.6 Å². The van der Waals surface area contributed by atoms with Gasteiger partial charge in [0.15, 0.2) is 0 Å². The van der Waals surface area contributed by atoms with Gasteiger partial charge in [-0.3, -0.25) is 9.59 Å². The molecule has 2 rings (SSSR count). The SMILES string of the molecule is CC12CCC(=O)N1C(C(=O)NC(CO)C(=O)O)CS2. The fourth-order valence-electron chi connectivity index (χ4n) is 2.47. The smallest absolute Gasteiger partial charge is 0.328 e. The van der Waals surface area contributed by atoms with E-state index >= 15 is 0 Å². The van der Waals surface area contributed by atoms with Crippen molar-refractivity contribution in [2.45, 2.75) is 36.7 Å². The lowest BCUT2D eigenvalue weighted by Crippen LogP contribution is -2.54. The molecule has 0 saturated carbocycles. The van der Waals surface area contributed by atoms with E-state index in [2.05, 4.69) is 5.32 Å². The lowest BCUT2D eigenvalue weighted by atomic mass is 10.2. The summed E-state index contributed by atoms with van der Waals surface area (Å²) in [6.07, 6.45) is 1.11. The number of nitrogens with one attached hydrogen (secondary N) is 1. The van der Waals surface area contributed by atoms with E-state index in [1.807, 2.05) is 6.92 Å². The summed E-state index contributed by atoms with van der Waals surface area (Å²) in [7, 11) is 0. The Labute approximate surface area is 114 Å². The van der Waals surface area contributed by atoms with E-state index in [9.17, 15) is 14.4 Å². The highest BCUT2D eigenvalue weighted by Gasteiger charge is 2.53. The van der Waals surface area contributed by atoms with E-state index in [-0.39, 0.29) is 10.8 Å². The third-order valence-electron chi connectivity index (χ3n) is 3.54. The van der Waals surface area contributed by atoms with Crippen molar-refractivity contribution >= 4 is 29.5 Å². The molecular weight excluding hydrogens is 272 g/mol. The third-order valence-corrected chi connectivity index (χ3v) is 5.05. The van der Waals surface area contributed by atoms with Crippen molar-refractivity contribution in [3.63, 3.8) is 0 Å². The number of carbonyl (C=O) groups excluding carboxylic acids is 2. The monoisotopic (exact) mass is 288 g/mol. The molecule has 8 heteroatoms. The standard InChI is InChI=1S/C11H16N2O5S/c1-11-3-2-8(15)13(11)7(5-19-11)9(16)12-6(4-14)10(17)18/h6-7,14H,2-5H2,1H3,(H,12,16)(H,17,18). The topological polar surface area (TPSA) is 107 Å². The summed E-state index contributed by atoms with van der Waals surface area (Å²) in [5.74, 6) is -1.44. The van der Waals surface area contributed by atoms with E-state index in [4.69, 9.17) is 10.2 Å². The first-order valence-electron chi connectivity index (χ1n) is 5.99. The Hall–Kier alpha value is -1.28. The number of fused-ring (bicyclic) bond motifs is 1. The zero-order chi connectivity index (χ0) is 14.2. The number of carbonyl (C=O) groups is 3. The van der Waals surface area contributed by atoms with Gasteiger partial charge in [0.05, 0.1) is 11.5 Å². The summed E-state index contributed by atoms with van der Waals surface area (Å²) in [5, 5.41) is 20.0. The number of aliphatic carboxylic acids is 1. The van der Waals surface area contributed by atoms with Crippen LogP contribution in [0.2, 0.25) is 0 Å². The number of aliphatic hydroxyl groups is 1. The normalized spacial score (nSPS) is 31.2. The van der Waals surface area contributed by atoms with Gasteiger partial charge in [0, 0.05) is 12.2 Å². The molecule has 19 heavy (non-hydrogen) atoms. The third kappa shape index (κ3) is 2.42. The van der Waals surface area contributed by atoms with E-state index in [1.165, 1.54) is 11.8 Å². The Morgan fingerprint density at radius 2 is 2.32 bits per heavy atom. The molecule has 0 aromatic carbocycles. The Bertz CT molecular complexity index is 429. The summed E-state index contributed by atoms with van der Waals surface area (Å²) >= 11 is 1.53. The van der Waals surface area contributed by atoms with Gasteiger partial charge in [0.25, 0.3) is 0 Å². The maximum absolute atomic E-state index is 12.1. The van der Waals surface area contributed by atoms with Gasteiger partial charge < -0.3 is 20.4 Å². The maximum atomic E-state index is 12.1. The van der Waals surface area contributed by atoms with Gasteiger partial charge in [-0.2, -0.15) is 0 Å². The lowest BCUT2D eigenvalue weighted by Gasteiger charge is -2.30. The first-order valence-corrected chi connectivity index (χ1v) is 6.98. The molecule has 2 saturated heterocycles. The molecule has 0 aromatic heterocycles. The number of hydrogen-bond donors (Lipinski definition) is 3. The Morgan fingerprint density at radius 1 is 1.63 bits per heavy atom. The fraction of sp³-hybridized carbons (Fsp3) is 0.727. The molecule has 3 N–H and O–H groups in total. The van der Waals surface area contributed by atoms with Crippen LogP contribution in [-0.2, 0) is 14.4 Å². The van der Waals surface area contributed by atoms with E-state index in [0.717, 1.165) is 0 Å². The molecule has 0 radical (unpaired) electrons. The van der Waals surface area contributed by atoms with Crippen LogP contribution in [0.5, 0.6) is 0 Å². The average Bonchev–Trinajstić information content (AvgIpc) is 2.83. The second-order valence-corrected chi connectivity index (χ2v) is 6.35. The Morgan fingerprint density at radius 3 is 2.89 bits per heavy atom. The van der Waals surface area contributed by atoms with Crippen LogP contribution in [0, 0.1) is 0 Å². The van der Waals surface area contributed by atoms with Gasteiger partial charge in [0.2, 0.25) is 11.8 Å². The van der Waals surface area contributed by atoms with Crippen LogP contribution in [0.4, 0.5) is 0 Å². The predicted molar refractivity (Wildman–Crippen MR) is 67.4 cm³/mol. The molecule has 7 nitrogen and oxygen atoms in total. The number of aliphatic hydroxyl groups excluding tert-OH is 1. The van der Waals surface area contributed by atoms with Gasteiger partial charge in [-0.25, -0.2) is 4.79 Å². The van der Waals surface area contributed by atoms with Gasteiger partial charge >= 0.3 is 5.97 Å². The van der Waals surface area contributed by atoms with Crippen LogP contribution in [0.25, 0.3) is 0 Å². The molecule has 2 amide bonds. The second-order valence-electron chi connectivity index (χ2n) is 4.85. The number of amides is 2. The van der Waals surface area contributed by atoms with Crippen molar-refractivity contribution < 1.29 is 24.6 Å². The number of rotatable bonds is 4. The maximum Gasteiger partial charge on any atom is 0.328 e. The summed E-state index contributed by atoms with van der Waals surface area (Å²) in [6.45, 7) is 1.24. The Kier molecular flexibility index (Phi) is 3.73. The highest BCUT2D eigenvalue weighted by Crippen LogP contribution is 2.47. The molecule has 0 spiro atoms. The zero-order valence-corrected chi connectivity index (χ0v) is 11.3. The molecule has 2 heterocycles. The highest BCUT2D eigenvalue weighted by molar-refractivity contribution is 8.01. The number of carboxylic acid groups (broad SMARTS) is 1. The van der Waals surface area contributed by atoms with Crippen molar-refractivity contribution in [2.75, 3.05) is 12.4 Å². The first kappa shape index (κ1) is 14.1. The summed E-state index contributed by atoms with van der Waals surface area (Å²) in [5.41, 5.74) is 0. The van der Waals surface area contributed by atoms with Gasteiger partial charge in [0.1, 0.15) is 12.1 Å². The summed E-state index contributed by atoms with van der Waals surface area (Å²) < 4.78 is 0. The average molecular weight is 288 g/mol. The highest BCUT2D eigenvalue weighted by atomic mass is 32.2. The number of nitrogens with zero attached hydrogens (tertiary/aromatic N) is 1. The minimum absolute atomic E-state index is 0.0801. The largest absolute Gasteiger partial charge is 0.480 e. The molecule has 106 valence electrons. The zero-order valence-electron chi connectivity index (χ0n) is 10.5. The van der Waals surface area contributed by atoms with Crippen molar-refractivity contribution in [3.8, 4) is 0 Å². The second kappa shape index (κ2) is 5.01. The van der Waals surface area contributed by atoms with Crippen molar-refractivity contribution in [1.29, 1.82) is 0 Å². The molecule has 0 bridgehead atoms. The van der Waals surface area contributed by atoms with Crippen LogP contribution >= 0.6 is 11.8 Å². The molecule has 2 aliphatic rings. The molecule has 0 aromatic rings. The molecule has 0 aliphatic carbocycles.